The Morgan fingerprint density at radius 2 is 2.10 bits per heavy atom. The summed E-state index contributed by atoms with van der Waals surface area (Å²) in [6, 6.07) is 0.895. The Kier molecular flexibility index (Phi) is 6.27. The van der Waals surface area contributed by atoms with E-state index in [9.17, 15) is 4.79 Å². The number of nitrogens with zero attached hydrogens (tertiary/aromatic N) is 1. The van der Waals surface area contributed by atoms with E-state index >= 15 is 0 Å². The molecule has 1 fully saturated rings. The van der Waals surface area contributed by atoms with Gasteiger partial charge in [-0.15, -0.1) is 0 Å². The van der Waals surface area contributed by atoms with Crippen molar-refractivity contribution >= 4 is 6.09 Å². The minimum absolute atomic E-state index is 0.257. The molecule has 5 nitrogen and oxygen atoms in total. The van der Waals surface area contributed by atoms with Gasteiger partial charge in [0.05, 0.1) is 0 Å². The summed E-state index contributed by atoms with van der Waals surface area (Å²) < 4.78 is 5.34. The van der Waals surface area contributed by atoms with E-state index < -0.39 is 5.60 Å². The molecule has 1 saturated carbocycles. The number of hydrogen-bond donors (Lipinski definition) is 2. The van der Waals surface area contributed by atoms with E-state index in [4.69, 9.17) is 10.5 Å². The first-order valence-electron chi connectivity index (χ1n) is 7.60. The fraction of sp³-hybridized carbons (Fsp3) is 0.933. The van der Waals surface area contributed by atoms with Crippen molar-refractivity contribution in [3.63, 3.8) is 0 Å². The van der Waals surface area contributed by atoms with Crippen molar-refractivity contribution < 1.29 is 9.53 Å². The maximum atomic E-state index is 11.9. The predicted octanol–water partition coefficient (Wildman–Crippen LogP) is 1.96. The molecule has 1 aliphatic rings. The molecule has 5 heteroatoms. The standard InChI is InChI=1S/C15H31N3O2/c1-11(9-17-13-7-6-12(16)8-13)10-18(5)14(19)20-15(2,3)4/h11-13,17H,6-10,16H2,1-5H3. The van der Waals surface area contributed by atoms with E-state index in [-0.39, 0.29) is 6.09 Å². The molecule has 3 atom stereocenters. The number of hydrogen-bond acceptors (Lipinski definition) is 4. The first kappa shape index (κ1) is 17.2. The van der Waals surface area contributed by atoms with Crippen LogP contribution < -0.4 is 11.1 Å². The Balaban J connectivity index is 2.23. The highest BCUT2D eigenvalue weighted by Crippen LogP contribution is 2.17. The number of carbonyl (C=O) groups is 1. The Morgan fingerprint density at radius 1 is 1.45 bits per heavy atom. The zero-order valence-corrected chi connectivity index (χ0v) is 13.6. The summed E-state index contributed by atoms with van der Waals surface area (Å²) in [5.41, 5.74) is 5.46. The predicted molar refractivity (Wildman–Crippen MR) is 81.6 cm³/mol. The molecule has 0 aromatic heterocycles. The van der Waals surface area contributed by atoms with Crippen molar-refractivity contribution in [1.29, 1.82) is 0 Å². The van der Waals surface area contributed by atoms with Crippen LogP contribution in [0.5, 0.6) is 0 Å². The van der Waals surface area contributed by atoms with E-state index in [2.05, 4.69) is 12.2 Å². The molecule has 1 rings (SSSR count). The Morgan fingerprint density at radius 3 is 2.60 bits per heavy atom. The van der Waals surface area contributed by atoms with Gasteiger partial charge >= 0.3 is 6.09 Å². The van der Waals surface area contributed by atoms with E-state index in [0.29, 0.717) is 24.5 Å². The van der Waals surface area contributed by atoms with Crippen LogP contribution in [0.2, 0.25) is 0 Å². The van der Waals surface area contributed by atoms with Gasteiger partial charge in [-0.25, -0.2) is 4.79 Å². The van der Waals surface area contributed by atoms with Gasteiger partial charge in [-0.1, -0.05) is 6.92 Å². The highest BCUT2D eigenvalue weighted by atomic mass is 16.6. The largest absolute Gasteiger partial charge is 0.444 e. The lowest BCUT2D eigenvalue weighted by molar-refractivity contribution is 0.0276. The molecule has 0 aromatic rings. The molecule has 1 amide bonds. The summed E-state index contributed by atoms with van der Waals surface area (Å²) in [5.74, 6) is 0.393. The summed E-state index contributed by atoms with van der Waals surface area (Å²) in [6.45, 7) is 9.39. The lowest BCUT2D eigenvalue weighted by Gasteiger charge is -2.27. The summed E-state index contributed by atoms with van der Waals surface area (Å²) in [6.07, 6.45) is 3.08. The first-order chi connectivity index (χ1) is 9.17. The van der Waals surface area contributed by atoms with Crippen molar-refractivity contribution in [2.45, 2.75) is 64.6 Å². The molecule has 20 heavy (non-hydrogen) atoms. The summed E-state index contributed by atoms with van der Waals surface area (Å²) in [4.78, 5) is 13.5. The second-order valence-corrected chi connectivity index (χ2v) is 7.14. The van der Waals surface area contributed by atoms with Crippen LogP contribution in [0, 0.1) is 5.92 Å². The first-order valence-corrected chi connectivity index (χ1v) is 7.60. The molecule has 1 aliphatic carbocycles. The SMILES string of the molecule is CC(CNC1CCC(N)C1)CN(C)C(=O)OC(C)(C)C. The summed E-state index contributed by atoms with van der Waals surface area (Å²) in [7, 11) is 1.79. The highest BCUT2D eigenvalue weighted by molar-refractivity contribution is 5.67. The third-order valence-corrected chi connectivity index (χ3v) is 3.52. The number of carbonyl (C=O) groups excluding carboxylic acids is 1. The van der Waals surface area contributed by atoms with Gasteiger partial charge in [-0.05, 0) is 52.5 Å². The highest BCUT2D eigenvalue weighted by Gasteiger charge is 2.23. The fourth-order valence-corrected chi connectivity index (χ4v) is 2.52. The molecule has 0 aliphatic heterocycles. The average molecular weight is 285 g/mol. The zero-order valence-electron chi connectivity index (χ0n) is 13.6. The van der Waals surface area contributed by atoms with Crippen molar-refractivity contribution in [2.75, 3.05) is 20.1 Å². The number of nitrogens with two attached hydrogens (primary N) is 1. The van der Waals surface area contributed by atoms with Crippen LogP contribution in [-0.2, 0) is 4.74 Å². The van der Waals surface area contributed by atoms with Gasteiger partial charge in [0.2, 0.25) is 0 Å². The molecule has 0 heterocycles. The number of ether oxygens (including phenoxy) is 1. The van der Waals surface area contributed by atoms with E-state index in [1.165, 1.54) is 0 Å². The zero-order chi connectivity index (χ0) is 15.3. The normalized spacial score (nSPS) is 24.5. The minimum atomic E-state index is -0.438. The molecule has 0 radical (unpaired) electrons. The van der Waals surface area contributed by atoms with E-state index in [0.717, 1.165) is 25.8 Å². The molecule has 0 bridgehead atoms. The molecular formula is C15H31N3O2. The Bertz CT molecular complexity index is 315. The van der Waals surface area contributed by atoms with Crippen molar-refractivity contribution in [3.8, 4) is 0 Å². The molecule has 3 unspecified atom stereocenters. The minimum Gasteiger partial charge on any atom is -0.444 e. The van der Waals surface area contributed by atoms with Crippen LogP contribution in [0.3, 0.4) is 0 Å². The monoisotopic (exact) mass is 285 g/mol. The van der Waals surface area contributed by atoms with Gasteiger partial charge in [0.1, 0.15) is 5.60 Å². The lowest BCUT2D eigenvalue weighted by atomic mass is 10.1. The summed E-state index contributed by atoms with van der Waals surface area (Å²) >= 11 is 0. The topological polar surface area (TPSA) is 67.6 Å². The van der Waals surface area contributed by atoms with E-state index in [1.54, 1.807) is 11.9 Å². The van der Waals surface area contributed by atoms with Gasteiger partial charge in [0, 0.05) is 25.7 Å². The second-order valence-electron chi connectivity index (χ2n) is 7.14. The van der Waals surface area contributed by atoms with Gasteiger partial charge in [0.15, 0.2) is 0 Å². The van der Waals surface area contributed by atoms with Crippen LogP contribution in [0.15, 0.2) is 0 Å². The van der Waals surface area contributed by atoms with Crippen LogP contribution in [-0.4, -0.2) is 48.8 Å². The third-order valence-electron chi connectivity index (χ3n) is 3.52. The Hall–Kier alpha value is -0.810. The summed E-state index contributed by atoms with van der Waals surface area (Å²) in [5, 5.41) is 3.55. The van der Waals surface area contributed by atoms with Crippen LogP contribution in [0.25, 0.3) is 0 Å². The average Bonchev–Trinajstić information content (AvgIpc) is 2.70. The van der Waals surface area contributed by atoms with Gasteiger partial charge < -0.3 is 20.7 Å². The molecule has 0 saturated heterocycles. The van der Waals surface area contributed by atoms with Crippen molar-refractivity contribution in [1.82, 2.24) is 10.2 Å². The number of nitrogens with one attached hydrogen (secondary N) is 1. The van der Waals surface area contributed by atoms with Gasteiger partial charge in [0.25, 0.3) is 0 Å². The molecule has 3 N–H and O–H groups in total. The third kappa shape index (κ3) is 6.57. The van der Waals surface area contributed by atoms with Crippen LogP contribution >= 0.6 is 0 Å². The second kappa shape index (κ2) is 7.27. The Labute approximate surface area is 123 Å². The van der Waals surface area contributed by atoms with Gasteiger partial charge in [-0.2, -0.15) is 0 Å². The fourth-order valence-electron chi connectivity index (χ4n) is 2.52. The van der Waals surface area contributed by atoms with Gasteiger partial charge in [-0.3, -0.25) is 0 Å². The molecule has 118 valence electrons. The lowest BCUT2D eigenvalue weighted by Crippen LogP contribution is -2.40. The van der Waals surface area contributed by atoms with Crippen LogP contribution in [0.1, 0.15) is 47.0 Å². The van der Waals surface area contributed by atoms with Crippen molar-refractivity contribution in [2.24, 2.45) is 11.7 Å². The van der Waals surface area contributed by atoms with Crippen molar-refractivity contribution in [3.05, 3.63) is 0 Å². The van der Waals surface area contributed by atoms with E-state index in [1.807, 2.05) is 20.8 Å². The van der Waals surface area contributed by atoms with Crippen LogP contribution in [0.4, 0.5) is 4.79 Å². The quantitative estimate of drug-likeness (QED) is 0.810. The molecule has 0 spiro atoms. The molecule has 0 aromatic carbocycles. The number of rotatable bonds is 5. The molecular weight excluding hydrogens is 254 g/mol. The number of amides is 1. The maximum absolute atomic E-state index is 11.9. The smallest absolute Gasteiger partial charge is 0.410 e. The maximum Gasteiger partial charge on any atom is 0.410 e.